The molecule has 1 saturated heterocycles. The summed E-state index contributed by atoms with van der Waals surface area (Å²) in [7, 11) is 0. The summed E-state index contributed by atoms with van der Waals surface area (Å²) < 4.78 is 0. The second-order valence-corrected chi connectivity index (χ2v) is 7.30. The summed E-state index contributed by atoms with van der Waals surface area (Å²) in [4.78, 5) is 18.9. The molecule has 0 spiro atoms. The van der Waals surface area contributed by atoms with E-state index in [0.717, 1.165) is 50.5 Å². The fraction of sp³-hybridized carbons (Fsp3) is 0.684. The Morgan fingerprint density at radius 3 is 2.92 bits per heavy atom. The number of hydrogen-bond acceptors (Lipinski definition) is 4. The predicted molar refractivity (Wildman–Crippen MR) is 97.0 cm³/mol. The van der Waals surface area contributed by atoms with E-state index in [1.165, 1.54) is 19.3 Å². The molecule has 1 aromatic rings. The van der Waals surface area contributed by atoms with Gasteiger partial charge in [-0.15, -0.1) is 0 Å². The molecule has 0 radical (unpaired) electrons. The highest BCUT2D eigenvalue weighted by molar-refractivity contribution is 5.76. The van der Waals surface area contributed by atoms with Gasteiger partial charge in [0, 0.05) is 37.8 Å². The number of pyridine rings is 1. The van der Waals surface area contributed by atoms with E-state index in [-0.39, 0.29) is 5.91 Å². The molecule has 132 valence electrons. The topological polar surface area (TPSA) is 57.3 Å². The van der Waals surface area contributed by atoms with E-state index in [0.29, 0.717) is 18.4 Å². The van der Waals surface area contributed by atoms with Crippen LogP contribution in [-0.2, 0) is 4.79 Å². The number of aromatic nitrogens is 1. The summed E-state index contributed by atoms with van der Waals surface area (Å²) in [5.41, 5.74) is 1.04. The SMILES string of the molecule is Cc1cccc(NC[C@H]2CCN(CCC(=O)NC3CCCC3)C2)n1. The minimum absolute atomic E-state index is 0.229. The molecule has 3 rings (SSSR count). The lowest BCUT2D eigenvalue weighted by molar-refractivity contribution is -0.122. The molecule has 2 N–H and O–H groups in total. The van der Waals surface area contributed by atoms with Crippen molar-refractivity contribution in [1.82, 2.24) is 15.2 Å². The largest absolute Gasteiger partial charge is 0.370 e. The molecule has 0 bridgehead atoms. The third kappa shape index (κ3) is 5.20. The summed E-state index contributed by atoms with van der Waals surface area (Å²) in [6, 6.07) is 6.51. The Morgan fingerprint density at radius 1 is 1.29 bits per heavy atom. The van der Waals surface area contributed by atoms with Gasteiger partial charge in [0.2, 0.25) is 5.91 Å². The fourth-order valence-electron chi connectivity index (χ4n) is 3.80. The van der Waals surface area contributed by atoms with Crippen LogP contribution in [0.15, 0.2) is 18.2 Å². The predicted octanol–water partition coefficient (Wildman–Crippen LogP) is 2.57. The first-order valence-electron chi connectivity index (χ1n) is 9.38. The lowest BCUT2D eigenvalue weighted by Crippen LogP contribution is -2.35. The maximum absolute atomic E-state index is 12.0. The normalized spacial score (nSPS) is 22.0. The molecule has 2 aliphatic rings. The van der Waals surface area contributed by atoms with Gasteiger partial charge in [-0.05, 0) is 50.8 Å². The number of carbonyl (C=O) groups is 1. The monoisotopic (exact) mass is 330 g/mol. The molecule has 1 aliphatic heterocycles. The summed E-state index contributed by atoms with van der Waals surface area (Å²) in [5, 5.41) is 6.62. The minimum Gasteiger partial charge on any atom is -0.370 e. The molecule has 1 saturated carbocycles. The number of nitrogens with zero attached hydrogens (tertiary/aromatic N) is 2. The number of likely N-dealkylation sites (tertiary alicyclic amines) is 1. The maximum Gasteiger partial charge on any atom is 0.221 e. The number of rotatable bonds is 7. The van der Waals surface area contributed by atoms with E-state index >= 15 is 0 Å². The maximum atomic E-state index is 12.0. The van der Waals surface area contributed by atoms with Gasteiger partial charge in [0.1, 0.15) is 5.82 Å². The second kappa shape index (κ2) is 8.47. The summed E-state index contributed by atoms with van der Waals surface area (Å²) in [6.45, 7) is 6.04. The molecule has 1 aliphatic carbocycles. The Kier molecular flexibility index (Phi) is 6.07. The van der Waals surface area contributed by atoms with Gasteiger partial charge in [-0.2, -0.15) is 0 Å². The molecule has 2 fully saturated rings. The molecular formula is C19H30N4O. The fourth-order valence-corrected chi connectivity index (χ4v) is 3.80. The number of carbonyl (C=O) groups excluding carboxylic acids is 1. The van der Waals surface area contributed by atoms with Crippen LogP contribution in [0.4, 0.5) is 5.82 Å². The van der Waals surface area contributed by atoms with E-state index in [4.69, 9.17) is 0 Å². The lowest BCUT2D eigenvalue weighted by atomic mass is 10.1. The molecule has 1 amide bonds. The minimum atomic E-state index is 0.229. The molecule has 24 heavy (non-hydrogen) atoms. The van der Waals surface area contributed by atoms with Crippen molar-refractivity contribution >= 4 is 11.7 Å². The van der Waals surface area contributed by atoms with Gasteiger partial charge in [-0.25, -0.2) is 4.98 Å². The number of amides is 1. The van der Waals surface area contributed by atoms with Crippen molar-refractivity contribution in [1.29, 1.82) is 0 Å². The van der Waals surface area contributed by atoms with Crippen LogP contribution < -0.4 is 10.6 Å². The molecule has 1 aromatic heterocycles. The van der Waals surface area contributed by atoms with E-state index in [2.05, 4.69) is 20.5 Å². The first kappa shape index (κ1) is 17.2. The molecule has 5 nitrogen and oxygen atoms in total. The molecule has 5 heteroatoms. The highest BCUT2D eigenvalue weighted by Gasteiger charge is 2.23. The number of aryl methyl sites for hydroxylation is 1. The van der Waals surface area contributed by atoms with Crippen LogP contribution in [0.2, 0.25) is 0 Å². The van der Waals surface area contributed by atoms with Crippen molar-refractivity contribution < 1.29 is 4.79 Å². The Balaban J connectivity index is 1.32. The van der Waals surface area contributed by atoms with Crippen molar-refractivity contribution in [2.45, 2.75) is 51.5 Å². The Morgan fingerprint density at radius 2 is 2.12 bits per heavy atom. The van der Waals surface area contributed by atoms with Gasteiger partial charge in [-0.1, -0.05) is 18.9 Å². The van der Waals surface area contributed by atoms with Crippen LogP contribution >= 0.6 is 0 Å². The van der Waals surface area contributed by atoms with E-state index in [1.807, 2.05) is 25.1 Å². The van der Waals surface area contributed by atoms with E-state index in [9.17, 15) is 4.79 Å². The summed E-state index contributed by atoms with van der Waals surface area (Å²) >= 11 is 0. The zero-order chi connectivity index (χ0) is 16.8. The zero-order valence-corrected chi connectivity index (χ0v) is 14.8. The van der Waals surface area contributed by atoms with Gasteiger partial charge in [-0.3, -0.25) is 4.79 Å². The van der Waals surface area contributed by atoms with E-state index < -0.39 is 0 Å². The smallest absolute Gasteiger partial charge is 0.221 e. The molecule has 0 aromatic carbocycles. The highest BCUT2D eigenvalue weighted by Crippen LogP contribution is 2.19. The van der Waals surface area contributed by atoms with Crippen molar-refractivity contribution in [3.63, 3.8) is 0 Å². The third-order valence-electron chi connectivity index (χ3n) is 5.21. The average molecular weight is 330 g/mol. The van der Waals surface area contributed by atoms with Crippen LogP contribution in [0, 0.1) is 12.8 Å². The highest BCUT2D eigenvalue weighted by atomic mass is 16.1. The molecule has 1 atom stereocenters. The first-order chi connectivity index (χ1) is 11.7. The van der Waals surface area contributed by atoms with Crippen molar-refractivity contribution in [2.24, 2.45) is 5.92 Å². The first-order valence-corrected chi connectivity index (χ1v) is 9.38. The van der Waals surface area contributed by atoms with Gasteiger partial charge < -0.3 is 15.5 Å². The number of hydrogen-bond donors (Lipinski definition) is 2. The van der Waals surface area contributed by atoms with Crippen LogP contribution in [0.5, 0.6) is 0 Å². The third-order valence-corrected chi connectivity index (χ3v) is 5.21. The Labute approximate surface area is 145 Å². The van der Waals surface area contributed by atoms with Crippen LogP contribution in [0.3, 0.4) is 0 Å². The van der Waals surface area contributed by atoms with Gasteiger partial charge in [0.15, 0.2) is 0 Å². The number of nitrogens with one attached hydrogen (secondary N) is 2. The standard InChI is InChI=1S/C19H30N4O/c1-15-5-4-8-18(21-15)20-13-16-9-11-23(14-16)12-10-19(24)22-17-6-2-3-7-17/h4-5,8,16-17H,2-3,6-7,9-14H2,1H3,(H,20,21)(H,22,24)/t16-/m1/s1. The Hall–Kier alpha value is -1.62. The molecular weight excluding hydrogens is 300 g/mol. The molecule has 2 heterocycles. The van der Waals surface area contributed by atoms with Crippen LogP contribution in [-0.4, -0.2) is 48.0 Å². The quantitative estimate of drug-likeness (QED) is 0.807. The van der Waals surface area contributed by atoms with Crippen molar-refractivity contribution in [3.05, 3.63) is 23.9 Å². The molecule has 0 unspecified atom stereocenters. The van der Waals surface area contributed by atoms with Crippen molar-refractivity contribution in [3.8, 4) is 0 Å². The van der Waals surface area contributed by atoms with Crippen LogP contribution in [0.25, 0.3) is 0 Å². The average Bonchev–Trinajstić information content (AvgIpc) is 3.23. The Bertz CT molecular complexity index is 542. The van der Waals surface area contributed by atoms with Gasteiger partial charge in [0.05, 0.1) is 0 Å². The summed E-state index contributed by atoms with van der Waals surface area (Å²) in [6.07, 6.45) is 6.69. The van der Waals surface area contributed by atoms with E-state index in [1.54, 1.807) is 0 Å². The number of anilines is 1. The van der Waals surface area contributed by atoms with Crippen LogP contribution in [0.1, 0.15) is 44.2 Å². The summed E-state index contributed by atoms with van der Waals surface area (Å²) in [5.74, 6) is 1.84. The van der Waals surface area contributed by atoms with Gasteiger partial charge in [0.25, 0.3) is 0 Å². The zero-order valence-electron chi connectivity index (χ0n) is 14.8. The van der Waals surface area contributed by atoms with Crippen molar-refractivity contribution in [2.75, 3.05) is 31.5 Å². The second-order valence-electron chi connectivity index (χ2n) is 7.30. The van der Waals surface area contributed by atoms with Gasteiger partial charge >= 0.3 is 0 Å². The lowest BCUT2D eigenvalue weighted by Gasteiger charge is -2.17.